The maximum absolute atomic E-state index is 8.57. The minimum atomic E-state index is 0.197. The van der Waals surface area contributed by atoms with Crippen molar-refractivity contribution in [3.8, 4) is 0 Å². The average molecular weight is 219 g/mol. The van der Waals surface area contributed by atoms with Gasteiger partial charge in [-0.05, 0) is 18.6 Å². The van der Waals surface area contributed by atoms with Gasteiger partial charge in [-0.2, -0.15) is 0 Å². The van der Waals surface area contributed by atoms with E-state index in [1.807, 2.05) is 0 Å². The topological polar surface area (TPSA) is 59.1 Å². The van der Waals surface area contributed by atoms with E-state index in [1.54, 1.807) is 12.1 Å². The molecule has 0 atom stereocenters. The molecule has 72 valence electrons. The summed E-state index contributed by atoms with van der Waals surface area (Å²) >= 11 is 7.25. The first-order valence-electron chi connectivity index (χ1n) is 3.89. The van der Waals surface area contributed by atoms with Gasteiger partial charge in [0.2, 0.25) is 0 Å². The number of nitrogens with two attached hydrogens (primary N) is 1. The Balaban J connectivity index is 2.56. The van der Waals surface area contributed by atoms with E-state index in [1.165, 1.54) is 11.8 Å². The Labute approximate surface area is 86.3 Å². The molecule has 0 amide bonds. The van der Waals surface area contributed by atoms with Crippen LogP contribution in [0.15, 0.2) is 17.2 Å². The molecular formula is C8H11ClN2OS. The fourth-order valence-electron chi connectivity index (χ4n) is 0.807. The minimum absolute atomic E-state index is 0.197. The first-order chi connectivity index (χ1) is 6.22. The lowest BCUT2D eigenvalue weighted by molar-refractivity contribution is 0.296. The molecule has 0 unspecified atom stereocenters. The van der Waals surface area contributed by atoms with Crippen molar-refractivity contribution >= 4 is 29.1 Å². The largest absolute Gasteiger partial charge is 0.399 e. The molecule has 1 heterocycles. The van der Waals surface area contributed by atoms with Gasteiger partial charge in [0.25, 0.3) is 0 Å². The molecule has 0 spiro atoms. The molecule has 0 fully saturated rings. The van der Waals surface area contributed by atoms with Crippen molar-refractivity contribution in [3.05, 3.63) is 17.3 Å². The Bertz CT molecular complexity index is 263. The van der Waals surface area contributed by atoms with Crippen molar-refractivity contribution in [1.29, 1.82) is 0 Å². The summed E-state index contributed by atoms with van der Waals surface area (Å²) in [6, 6.07) is 3.38. The van der Waals surface area contributed by atoms with E-state index in [-0.39, 0.29) is 6.61 Å². The number of halogens is 1. The number of thioether (sulfide) groups is 1. The molecule has 0 aliphatic carbocycles. The lowest BCUT2D eigenvalue weighted by atomic mass is 10.4. The van der Waals surface area contributed by atoms with Crippen LogP contribution in [-0.4, -0.2) is 22.5 Å². The molecular weight excluding hydrogens is 208 g/mol. The summed E-state index contributed by atoms with van der Waals surface area (Å²) in [5.74, 6) is 0.823. The highest BCUT2D eigenvalue weighted by atomic mass is 35.5. The van der Waals surface area contributed by atoms with E-state index in [0.717, 1.165) is 17.2 Å². The third-order valence-corrected chi connectivity index (χ3v) is 2.54. The highest BCUT2D eigenvalue weighted by Gasteiger charge is 1.99. The van der Waals surface area contributed by atoms with Gasteiger partial charge in [-0.3, -0.25) is 0 Å². The number of nitrogens with zero attached hydrogens (tertiary/aromatic N) is 1. The maximum atomic E-state index is 8.57. The van der Waals surface area contributed by atoms with Gasteiger partial charge in [0.05, 0.1) is 5.03 Å². The molecule has 0 saturated carbocycles. The van der Waals surface area contributed by atoms with Crippen molar-refractivity contribution in [1.82, 2.24) is 4.98 Å². The van der Waals surface area contributed by atoms with Gasteiger partial charge in [0.15, 0.2) is 0 Å². The monoisotopic (exact) mass is 218 g/mol. The number of aromatic nitrogens is 1. The van der Waals surface area contributed by atoms with Crippen LogP contribution < -0.4 is 5.73 Å². The molecule has 0 radical (unpaired) electrons. The maximum Gasteiger partial charge on any atom is 0.132 e. The first-order valence-corrected chi connectivity index (χ1v) is 5.25. The van der Waals surface area contributed by atoms with Crippen molar-refractivity contribution in [2.24, 2.45) is 0 Å². The van der Waals surface area contributed by atoms with E-state index in [4.69, 9.17) is 22.4 Å². The smallest absolute Gasteiger partial charge is 0.132 e. The van der Waals surface area contributed by atoms with Crippen molar-refractivity contribution in [2.75, 3.05) is 18.1 Å². The summed E-state index contributed by atoms with van der Waals surface area (Å²) in [6.07, 6.45) is 0.749. The predicted octanol–water partition coefficient (Wildman–Crippen LogP) is 1.79. The molecule has 1 aromatic rings. The minimum Gasteiger partial charge on any atom is -0.399 e. The zero-order valence-electron chi connectivity index (χ0n) is 7.03. The summed E-state index contributed by atoms with van der Waals surface area (Å²) in [5.41, 5.74) is 6.19. The summed E-state index contributed by atoms with van der Waals surface area (Å²) in [5, 5.41) is 9.78. The Morgan fingerprint density at radius 2 is 2.31 bits per heavy atom. The number of nitrogen functional groups attached to an aromatic ring is 1. The Morgan fingerprint density at radius 3 is 2.92 bits per heavy atom. The highest BCUT2D eigenvalue weighted by Crippen LogP contribution is 2.21. The van der Waals surface area contributed by atoms with Gasteiger partial charge < -0.3 is 10.8 Å². The molecule has 5 heteroatoms. The number of aliphatic hydroxyl groups is 1. The van der Waals surface area contributed by atoms with Gasteiger partial charge >= 0.3 is 0 Å². The molecule has 1 aromatic heterocycles. The number of aliphatic hydroxyl groups excluding tert-OH is 1. The predicted molar refractivity (Wildman–Crippen MR) is 56.1 cm³/mol. The van der Waals surface area contributed by atoms with E-state index >= 15 is 0 Å². The molecule has 0 bridgehead atoms. The lowest BCUT2D eigenvalue weighted by Gasteiger charge is -2.01. The van der Waals surface area contributed by atoms with Gasteiger partial charge in [0.1, 0.15) is 5.15 Å². The summed E-state index contributed by atoms with van der Waals surface area (Å²) in [6.45, 7) is 0.197. The van der Waals surface area contributed by atoms with Crippen LogP contribution in [0.4, 0.5) is 5.69 Å². The molecule has 3 N–H and O–H groups in total. The van der Waals surface area contributed by atoms with Crippen LogP contribution in [0.3, 0.4) is 0 Å². The standard InChI is InChI=1S/C8H11ClN2OS/c9-7-4-6(10)5-8(11-7)13-3-1-2-12/h4-5,12H,1-3H2,(H2,10,11). The number of rotatable bonds is 4. The molecule has 13 heavy (non-hydrogen) atoms. The fourth-order valence-corrected chi connectivity index (χ4v) is 1.94. The summed E-state index contributed by atoms with van der Waals surface area (Å²) in [4.78, 5) is 4.07. The fraction of sp³-hybridized carbons (Fsp3) is 0.375. The van der Waals surface area contributed by atoms with Crippen LogP contribution in [0.2, 0.25) is 5.15 Å². The van der Waals surface area contributed by atoms with E-state index in [2.05, 4.69) is 4.98 Å². The van der Waals surface area contributed by atoms with Crippen LogP contribution in [0.25, 0.3) is 0 Å². The Kier molecular flexibility index (Phi) is 4.35. The number of pyridine rings is 1. The summed E-state index contributed by atoms with van der Waals surface area (Å²) < 4.78 is 0. The Morgan fingerprint density at radius 1 is 1.54 bits per heavy atom. The van der Waals surface area contributed by atoms with Gasteiger partial charge in [-0.1, -0.05) is 11.6 Å². The molecule has 0 saturated heterocycles. The zero-order chi connectivity index (χ0) is 9.68. The van der Waals surface area contributed by atoms with Gasteiger partial charge in [-0.25, -0.2) is 4.98 Å². The van der Waals surface area contributed by atoms with Crippen LogP contribution >= 0.6 is 23.4 Å². The van der Waals surface area contributed by atoms with Crippen LogP contribution in [0.1, 0.15) is 6.42 Å². The molecule has 0 aliphatic heterocycles. The second-order valence-electron chi connectivity index (χ2n) is 2.49. The third-order valence-electron chi connectivity index (χ3n) is 1.35. The van der Waals surface area contributed by atoms with Crippen molar-refractivity contribution in [3.63, 3.8) is 0 Å². The SMILES string of the molecule is Nc1cc(Cl)nc(SCCCO)c1. The third kappa shape index (κ3) is 3.85. The van der Waals surface area contributed by atoms with Crippen LogP contribution in [0.5, 0.6) is 0 Å². The van der Waals surface area contributed by atoms with Gasteiger partial charge in [0, 0.05) is 18.0 Å². The number of anilines is 1. The quantitative estimate of drug-likeness (QED) is 0.460. The number of hydrogen-bond donors (Lipinski definition) is 2. The van der Waals surface area contributed by atoms with Crippen molar-refractivity contribution < 1.29 is 5.11 Å². The van der Waals surface area contributed by atoms with Crippen LogP contribution in [-0.2, 0) is 0 Å². The number of hydrogen-bond acceptors (Lipinski definition) is 4. The second-order valence-corrected chi connectivity index (χ2v) is 3.99. The normalized spacial score (nSPS) is 10.3. The molecule has 1 rings (SSSR count). The van der Waals surface area contributed by atoms with Gasteiger partial charge in [-0.15, -0.1) is 11.8 Å². The zero-order valence-corrected chi connectivity index (χ0v) is 8.61. The van der Waals surface area contributed by atoms with E-state index in [0.29, 0.717) is 10.8 Å². The molecule has 0 aromatic carbocycles. The second kappa shape index (κ2) is 5.32. The molecule has 3 nitrogen and oxygen atoms in total. The highest BCUT2D eigenvalue weighted by molar-refractivity contribution is 7.99. The lowest BCUT2D eigenvalue weighted by Crippen LogP contribution is -1.91. The van der Waals surface area contributed by atoms with Crippen LogP contribution in [0, 0.1) is 0 Å². The van der Waals surface area contributed by atoms with Crippen molar-refractivity contribution in [2.45, 2.75) is 11.4 Å². The van der Waals surface area contributed by atoms with E-state index < -0.39 is 0 Å². The average Bonchev–Trinajstić information content (AvgIpc) is 2.03. The molecule has 0 aliphatic rings. The van der Waals surface area contributed by atoms with E-state index in [9.17, 15) is 0 Å². The first kappa shape index (κ1) is 10.6. The Hall–Kier alpha value is -0.450. The summed E-state index contributed by atoms with van der Waals surface area (Å²) in [7, 11) is 0.